The Bertz CT molecular complexity index is 4470. The van der Waals surface area contributed by atoms with Crippen molar-refractivity contribution in [1.29, 1.82) is 0 Å². The Morgan fingerprint density at radius 3 is 1.13 bits per heavy atom. The molecule has 6 aromatic rings. The molecule has 0 atom stereocenters. The van der Waals surface area contributed by atoms with E-state index in [2.05, 4.69) is 26.3 Å². The minimum atomic E-state index is -5.35. The lowest BCUT2D eigenvalue weighted by molar-refractivity contribution is -0.388. The van der Waals surface area contributed by atoms with E-state index in [1.165, 1.54) is 24.3 Å². The number of nitro groups is 4. The van der Waals surface area contributed by atoms with Gasteiger partial charge in [-0.3, -0.25) is 78.9 Å². The molecule has 0 aliphatic carbocycles. The number of para-hydroxylation sites is 2. The van der Waals surface area contributed by atoms with Crippen LogP contribution in [0.4, 0.5) is 56.9 Å². The highest BCUT2D eigenvalue weighted by molar-refractivity contribution is 7.86. The number of ether oxygens (including phenoxy) is 4. The van der Waals surface area contributed by atoms with Crippen LogP contribution in [0.1, 0.15) is 0 Å². The molecule has 0 unspecified atom stereocenters. The largest absolute Gasteiger partial charge is 0.494 e. The molecule has 0 saturated heterocycles. The lowest BCUT2D eigenvalue weighted by atomic mass is 10.2. The Labute approximate surface area is 496 Å². The summed E-state index contributed by atoms with van der Waals surface area (Å²) in [5.41, 5.74) is -3.79. The first-order chi connectivity index (χ1) is 41.5. The van der Waals surface area contributed by atoms with Gasteiger partial charge in [0, 0.05) is 11.4 Å². The molecule has 0 radical (unpaired) electrons. The average Bonchev–Trinajstić information content (AvgIpc) is 1.72. The predicted octanol–water partition coefficient (Wildman–Crippen LogP) is 3.53. The molecule has 2 aliphatic heterocycles. The third kappa shape index (κ3) is 13.7. The summed E-state index contributed by atoms with van der Waals surface area (Å²) < 4.78 is 156. The summed E-state index contributed by atoms with van der Waals surface area (Å²) in [5, 5.41) is 72.7. The summed E-state index contributed by atoms with van der Waals surface area (Å²) in [6.45, 7) is 0. The summed E-state index contributed by atoms with van der Waals surface area (Å²) in [6.07, 6.45) is 0. The molecular weight excluding hydrogens is 1280 g/mol. The van der Waals surface area contributed by atoms with Crippen LogP contribution >= 0.6 is 0 Å². The first-order valence-electron chi connectivity index (χ1n) is 23.3. The van der Waals surface area contributed by atoms with Gasteiger partial charge in [-0.25, -0.2) is 0 Å². The zero-order valence-corrected chi connectivity index (χ0v) is 47.9. The molecule has 0 saturated carbocycles. The van der Waals surface area contributed by atoms with E-state index in [-0.39, 0.29) is 10.9 Å². The molecular formula is C44H38N14O27S4. The fraction of sp³-hybridized carbons (Fsp3) is 0.0909. The van der Waals surface area contributed by atoms with Gasteiger partial charge in [-0.1, -0.05) is 36.4 Å². The molecule has 6 aromatic carbocycles. The SMILES string of the molecule is COc1cc([N+](=O)[O-])c(S(=O)(=O)O)cc1N1N=C(C(=O)Nc2ccccc2)N(O)N1c1cc(S(=O)(=O)O)c([N+](=O)[O-])cc1OC.COc1cc([N+](=O)[O-])c(S(=O)(=O)O)cc1N1N=C(C(=O)Nc2ccccc2)NN1c1cc(S(=O)(=O)O)c([N+](=O)[O-])cc1OC. The Hall–Kier alpha value is -11.2. The number of hydrazine groups is 4. The van der Waals surface area contributed by atoms with E-state index in [1.807, 2.05) is 0 Å². The molecule has 470 valence electrons. The number of nitrogens with zero attached hydrogens (tertiary/aromatic N) is 11. The number of hydrogen-bond acceptors (Lipinski definition) is 31. The van der Waals surface area contributed by atoms with E-state index in [0.717, 1.165) is 33.6 Å². The fourth-order valence-electron chi connectivity index (χ4n) is 7.83. The number of hydroxylamine groups is 1. The van der Waals surface area contributed by atoms with Crippen molar-refractivity contribution in [3.05, 3.63) is 150 Å². The van der Waals surface area contributed by atoms with Gasteiger partial charge in [0.1, 0.15) is 22.7 Å². The van der Waals surface area contributed by atoms with Crippen LogP contribution in [0, 0.1) is 40.5 Å². The maximum Gasteiger partial charge on any atom is 0.301 e. The number of benzene rings is 6. The third-order valence-corrected chi connectivity index (χ3v) is 15.2. The molecule has 89 heavy (non-hydrogen) atoms. The van der Waals surface area contributed by atoms with Crippen molar-refractivity contribution in [2.45, 2.75) is 19.6 Å². The molecule has 0 bridgehead atoms. The number of amidine groups is 2. The molecule has 8 rings (SSSR count). The van der Waals surface area contributed by atoms with Gasteiger partial charge in [-0.05, 0) is 48.5 Å². The lowest BCUT2D eigenvalue weighted by Gasteiger charge is -2.32. The van der Waals surface area contributed by atoms with Gasteiger partial charge in [-0.2, -0.15) is 38.8 Å². The quantitative estimate of drug-likeness (QED) is 0.0308. The van der Waals surface area contributed by atoms with Gasteiger partial charge < -0.3 is 29.6 Å². The van der Waals surface area contributed by atoms with E-state index >= 15 is 0 Å². The van der Waals surface area contributed by atoms with E-state index in [1.54, 1.807) is 36.4 Å². The number of hydrazone groups is 2. The number of hydrogen-bond donors (Lipinski definition) is 8. The number of rotatable bonds is 20. The standard InChI is InChI=1S/C22H19N7O14S2.C22H19N7O13S2/c1-42-17-8-15(28(32)33)19(44(36,37)38)10-13(17)25-24-21(22(30)23-12-6-4-3-5-7-12)27(31)26(25)14-11-20(45(39,40)41)16(29(34)35)9-18(14)43-2;1-41-17-8-15(28(31)32)19(43(35,36)37)10-13(17)26-24-21(22(30)23-12-6-4-3-5-7-12)25-27(26)14-11-20(44(38,39)40)16(29(33)34)9-18(14)42-2/h3-11,31H,1-2H3,(H,23,30)(H,36,37,38)(H,39,40,41);3-11H,1-2H3,(H,23,30)(H,24,25)(H,35,36,37)(H,38,39,40). The number of anilines is 6. The molecule has 0 fully saturated rings. The minimum Gasteiger partial charge on any atom is -0.494 e. The number of carbonyl (C=O) groups excluding carboxylic acids is 2. The number of carbonyl (C=O) groups is 2. The zero-order valence-electron chi connectivity index (χ0n) is 44.7. The van der Waals surface area contributed by atoms with Gasteiger partial charge in [0.2, 0.25) is 5.84 Å². The summed E-state index contributed by atoms with van der Waals surface area (Å²) in [4.78, 5) is 63.1. The molecule has 2 heterocycles. The summed E-state index contributed by atoms with van der Waals surface area (Å²) in [6, 6.07) is 20.1. The van der Waals surface area contributed by atoms with Crippen molar-refractivity contribution in [2.75, 3.05) is 59.5 Å². The van der Waals surface area contributed by atoms with Gasteiger partial charge in [0.05, 0.1) is 72.4 Å². The molecule has 2 amide bonds. The lowest BCUT2D eigenvalue weighted by Crippen LogP contribution is -2.48. The van der Waals surface area contributed by atoms with Crippen LogP contribution in [0.2, 0.25) is 0 Å². The fourth-order valence-corrected chi connectivity index (χ4v) is 10.5. The first kappa shape index (κ1) is 65.3. The summed E-state index contributed by atoms with van der Waals surface area (Å²) in [7, 11) is -17.2. The minimum absolute atomic E-state index is 0.0241. The van der Waals surface area contributed by atoms with Crippen LogP contribution in [0.5, 0.6) is 23.0 Å². The number of amides is 2. The van der Waals surface area contributed by atoms with Crippen LogP contribution in [0.3, 0.4) is 0 Å². The maximum atomic E-state index is 13.2. The predicted molar refractivity (Wildman–Crippen MR) is 300 cm³/mol. The molecule has 8 N–H and O–H groups in total. The number of nitrogens with one attached hydrogen (secondary N) is 3. The van der Waals surface area contributed by atoms with Crippen LogP contribution < -0.4 is 55.5 Å². The van der Waals surface area contributed by atoms with E-state index in [0.29, 0.717) is 69.6 Å². The van der Waals surface area contributed by atoms with Crippen molar-refractivity contribution in [3.63, 3.8) is 0 Å². The van der Waals surface area contributed by atoms with Gasteiger partial charge >= 0.3 is 40.5 Å². The van der Waals surface area contributed by atoms with Crippen molar-refractivity contribution in [2.24, 2.45) is 10.2 Å². The Morgan fingerprint density at radius 2 is 0.787 bits per heavy atom. The second kappa shape index (κ2) is 25.0. The summed E-state index contributed by atoms with van der Waals surface area (Å²) in [5.74, 6) is -5.53. The Kier molecular flexibility index (Phi) is 18.4. The monoisotopic (exact) mass is 1320 g/mol. The van der Waals surface area contributed by atoms with E-state index in [4.69, 9.17) is 18.9 Å². The zero-order chi connectivity index (χ0) is 66.0. The second-order valence-electron chi connectivity index (χ2n) is 17.0. The smallest absolute Gasteiger partial charge is 0.301 e. The topological polar surface area (TPSA) is 558 Å². The molecule has 45 heteroatoms. The van der Waals surface area contributed by atoms with Gasteiger partial charge in [-0.15, -0.1) is 30.7 Å². The first-order valence-corrected chi connectivity index (χ1v) is 29.0. The average molecular weight is 1320 g/mol. The van der Waals surface area contributed by atoms with Crippen LogP contribution in [0.15, 0.2) is 139 Å². The van der Waals surface area contributed by atoms with Crippen LogP contribution in [0.25, 0.3) is 0 Å². The second-order valence-corrected chi connectivity index (χ2v) is 22.5. The molecule has 0 spiro atoms. The highest BCUT2D eigenvalue weighted by Crippen LogP contribution is 2.46. The van der Waals surface area contributed by atoms with Crippen molar-refractivity contribution in [1.82, 2.24) is 10.6 Å². The Balaban J connectivity index is 0.000000254. The van der Waals surface area contributed by atoms with Crippen LogP contribution in [-0.2, 0) is 50.1 Å². The molecule has 41 nitrogen and oxygen atoms in total. The number of nitro benzene ring substituents is 4. The normalized spacial score (nSPS) is 13.2. The maximum absolute atomic E-state index is 13.2. The van der Waals surface area contributed by atoms with Crippen molar-refractivity contribution in [3.8, 4) is 23.0 Å². The van der Waals surface area contributed by atoms with E-state index < -0.39 is 172 Å². The Morgan fingerprint density at radius 1 is 0.472 bits per heavy atom. The van der Waals surface area contributed by atoms with Crippen molar-refractivity contribution < 1.29 is 105 Å². The highest BCUT2D eigenvalue weighted by atomic mass is 32.2. The third-order valence-electron chi connectivity index (χ3n) is 11.6. The molecule has 0 aromatic heterocycles. The summed E-state index contributed by atoms with van der Waals surface area (Å²) >= 11 is 0. The van der Waals surface area contributed by atoms with Gasteiger partial charge in [0.25, 0.3) is 40.4 Å². The van der Waals surface area contributed by atoms with Crippen molar-refractivity contribution >= 4 is 121 Å². The van der Waals surface area contributed by atoms with Gasteiger partial charge in [0.15, 0.2) is 42.6 Å². The number of methoxy groups -OCH3 is 4. The van der Waals surface area contributed by atoms with E-state index in [9.17, 15) is 107 Å². The van der Waals surface area contributed by atoms with Crippen LogP contribution in [-0.4, -0.2) is 134 Å². The molecule has 2 aliphatic rings. The highest BCUT2D eigenvalue weighted by Gasteiger charge is 2.44.